The van der Waals surface area contributed by atoms with E-state index in [0.29, 0.717) is 29.2 Å². The summed E-state index contributed by atoms with van der Waals surface area (Å²) in [6.07, 6.45) is 0.355. The zero-order chi connectivity index (χ0) is 15.0. The summed E-state index contributed by atoms with van der Waals surface area (Å²) in [6.45, 7) is 0.389. The van der Waals surface area contributed by atoms with Gasteiger partial charge in [0.25, 0.3) is 0 Å². The highest BCUT2D eigenvalue weighted by molar-refractivity contribution is 6.31. The van der Waals surface area contributed by atoms with Gasteiger partial charge in [0, 0.05) is 16.4 Å². The summed E-state index contributed by atoms with van der Waals surface area (Å²) in [5, 5.41) is 9.34. The number of hydrogen-bond donors (Lipinski definition) is 1. The third-order valence-electron chi connectivity index (χ3n) is 3.55. The molecule has 2 aromatic carbocycles. The maximum absolute atomic E-state index is 12.2. The van der Waals surface area contributed by atoms with Crippen LogP contribution >= 0.6 is 11.6 Å². The lowest BCUT2D eigenvalue weighted by Gasteiger charge is -2.18. The molecule has 0 saturated carbocycles. The molecule has 0 fully saturated rings. The van der Waals surface area contributed by atoms with Crippen LogP contribution in [0.15, 0.2) is 36.4 Å². The summed E-state index contributed by atoms with van der Waals surface area (Å²) >= 11 is 6.18. The Bertz CT molecular complexity index is 780. The average molecular weight is 298 g/mol. The summed E-state index contributed by atoms with van der Waals surface area (Å²) in [5.74, 6) is 0.0241. The minimum Gasteiger partial charge on any atom is -0.399 e. The average Bonchev–Trinajstić information content (AvgIpc) is 2.76. The quantitative estimate of drug-likeness (QED) is 0.867. The number of amides is 1. The third-order valence-corrected chi connectivity index (χ3v) is 3.90. The smallest absolute Gasteiger partial charge is 0.231 e. The van der Waals surface area contributed by atoms with Crippen LogP contribution in [0.4, 0.5) is 11.4 Å². The fourth-order valence-electron chi connectivity index (χ4n) is 2.49. The first-order valence-electron chi connectivity index (χ1n) is 6.46. The van der Waals surface area contributed by atoms with Gasteiger partial charge in [-0.25, -0.2) is 0 Å². The molecule has 2 aromatic rings. The van der Waals surface area contributed by atoms with Crippen LogP contribution in [-0.4, -0.2) is 5.91 Å². The second-order valence-corrected chi connectivity index (χ2v) is 5.37. The maximum Gasteiger partial charge on any atom is 0.231 e. The zero-order valence-corrected chi connectivity index (χ0v) is 11.9. The maximum atomic E-state index is 12.2. The fourth-order valence-corrected chi connectivity index (χ4v) is 2.73. The van der Waals surface area contributed by atoms with Crippen molar-refractivity contribution in [1.82, 2.24) is 0 Å². The molecule has 0 unspecified atom stereocenters. The molecule has 104 valence electrons. The first-order chi connectivity index (χ1) is 10.1. The van der Waals surface area contributed by atoms with Crippen LogP contribution in [0.2, 0.25) is 5.02 Å². The topological polar surface area (TPSA) is 70.1 Å². The number of anilines is 2. The molecule has 21 heavy (non-hydrogen) atoms. The first kappa shape index (κ1) is 13.5. The van der Waals surface area contributed by atoms with Crippen molar-refractivity contribution in [2.75, 3.05) is 10.6 Å². The Labute approximate surface area is 127 Å². The van der Waals surface area contributed by atoms with Crippen molar-refractivity contribution in [3.8, 4) is 6.07 Å². The van der Waals surface area contributed by atoms with E-state index in [9.17, 15) is 4.79 Å². The summed E-state index contributed by atoms with van der Waals surface area (Å²) in [5.41, 5.74) is 9.52. The molecule has 0 radical (unpaired) electrons. The lowest BCUT2D eigenvalue weighted by atomic mass is 10.1. The number of nitrogens with zero attached hydrogens (tertiary/aromatic N) is 2. The van der Waals surface area contributed by atoms with Gasteiger partial charge in [0.2, 0.25) is 5.91 Å². The Morgan fingerprint density at radius 2 is 2.10 bits per heavy atom. The third kappa shape index (κ3) is 2.44. The molecule has 3 rings (SSSR count). The van der Waals surface area contributed by atoms with Crippen molar-refractivity contribution in [3.05, 3.63) is 58.1 Å². The van der Waals surface area contributed by atoms with Crippen LogP contribution in [0, 0.1) is 11.3 Å². The lowest BCUT2D eigenvalue weighted by Crippen LogP contribution is -2.26. The van der Waals surface area contributed by atoms with E-state index < -0.39 is 0 Å². The van der Waals surface area contributed by atoms with Crippen molar-refractivity contribution >= 4 is 28.9 Å². The van der Waals surface area contributed by atoms with Gasteiger partial charge in [0.1, 0.15) is 0 Å². The Hall–Kier alpha value is -2.51. The number of benzene rings is 2. The normalized spacial score (nSPS) is 13.1. The SMILES string of the molecule is N#Cc1ccc(CN2C(=O)Cc3cc(N)ccc32)c(Cl)c1. The van der Waals surface area contributed by atoms with Crippen molar-refractivity contribution in [1.29, 1.82) is 5.26 Å². The van der Waals surface area contributed by atoms with Gasteiger partial charge in [-0.3, -0.25) is 4.79 Å². The monoisotopic (exact) mass is 297 g/mol. The Balaban J connectivity index is 1.93. The van der Waals surface area contributed by atoms with Gasteiger partial charge in [-0.15, -0.1) is 0 Å². The number of nitriles is 1. The van der Waals surface area contributed by atoms with Crippen LogP contribution < -0.4 is 10.6 Å². The lowest BCUT2D eigenvalue weighted by molar-refractivity contribution is -0.117. The predicted molar refractivity (Wildman–Crippen MR) is 81.9 cm³/mol. The van der Waals surface area contributed by atoms with E-state index >= 15 is 0 Å². The highest BCUT2D eigenvalue weighted by Crippen LogP contribution is 2.32. The predicted octanol–water partition coefficient (Wildman–Crippen LogP) is 2.88. The molecule has 0 spiro atoms. The van der Waals surface area contributed by atoms with E-state index in [1.165, 1.54) is 0 Å². The molecular weight excluding hydrogens is 286 g/mol. The Morgan fingerprint density at radius 1 is 1.29 bits per heavy atom. The van der Waals surface area contributed by atoms with Crippen LogP contribution in [0.25, 0.3) is 0 Å². The molecule has 0 saturated heterocycles. The number of hydrogen-bond acceptors (Lipinski definition) is 3. The summed E-state index contributed by atoms with van der Waals surface area (Å²) in [7, 11) is 0. The van der Waals surface area contributed by atoms with Crippen molar-refractivity contribution in [2.24, 2.45) is 0 Å². The van der Waals surface area contributed by atoms with E-state index in [1.807, 2.05) is 18.2 Å². The highest BCUT2D eigenvalue weighted by Gasteiger charge is 2.27. The first-order valence-corrected chi connectivity index (χ1v) is 6.83. The van der Waals surface area contributed by atoms with Gasteiger partial charge in [-0.05, 0) is 41.5 Å². The van der Waals surface area contributed by atoms with Gasteiger partial charge in [-0.2, -0.15) is 5.26 Å². The van der Waals surface area contributed by atoms with Crippen LogP contribution in [-0.2, 0) is 17.8 Å². The van der Waals surface area contributed by atoms with E-state index in [0.717, 1.165) is 16.8 Å². The van der Waals surface area contributed by atoms with Crippen molar-refractivity contribution in [2.45, 2.75) is 13.0 Å². The molecule has 1 aliphatic heterocycles. The van der Waals surface area contributed by atoms with Crippen molar-refractivity contribution in [3.63, 3.8) is 0 Å². The molecule has 1 aliphatic rings. The number of rotatable bonds is 2. The van der Waals surface area contributed by atoms with Gasteiger partial charge in [0.05, 0.1) is 24.6 Å². The summed E-state index contributed by atoms with van der Waals surface area (Å²) in [6, 6.07) is 12.6. The minimum absolute atomic E-state index is 0.0241. The molecule has 0 bridgehead atoms. The summed E-state index contributed by atoms with van der Waals surface area (Å²) < 4.78 is 0. The molecule has 0 atom stereocenters. The standard InChI is InChI=1S/C16H12ClN3O/c17-14-5-10(8-18)1-2-11(14)9-20-15-4-3-13(19)6-12(15)7-16(20)21/h1-6H,7,9,19H2. The Morgan fingerprint density at radius 3 is 2.81 bits per heavy atom. The molecule has 5 heteroatoms. The number of carbonyl (C=O) groups excluding carboxylic acids is 1. The highest BCUT2D eigenvalue weighted by atomic mass is 35.5. The van der Waals surface area contributed by atoms with Crippen LogP contribution in [0.3, 0.4) is 0 Å². The molecular formula is C16H12ClN3O. The number of nitrogens with two attached hydrogens (primary N) is 1. The summed E-state index contributed by atoms with van der Waals surface area (Å²) in [4.78, 5) is 13.9. The second-order valence-electron chi connectivity index (χ2n) is 4.96. The van der Waals surface area contributed by atoms with E-state index in [-0.39, 0.29) is 5.91 Å². The molecule has 1 amide bonds. The number of fused-ring (bicyclic) bond motifs is 1. The number of carbonyl (C=O) groups is 1. The molecule has 0 aliphatic carbocycles. The zero-order valence-electron chi connectivity index (χ0n) is 11.1. The van der Waals surface area contributed by atoms with Gasteiger partial charge < -0.3 is 10.6 Å². The van der Waals surface area contributed by atoms with Crippen molar-refractivity contribution < 1.29 is 4.79 Å². The molecule has 1 heterocycles. The minimum atomic E-state index is 0.0241. The van der Waals surface area contributed by atoms with Gasteiger partial charge in [0.15, 0.2) is 0 Å². The number of halogens is 1. The van der Waals surface area contributed by atoms with E-state index in [1.54, 1.807) is 29.2 Å². The van der Waals surface area contributed by atoms with Gasteiger partial charge >= 0.3 is 0 Å². The largest absolute Gasteiger partial charge is 0.399 e. The van der Waals surface area contributed by atoms with Crippen LogP contribution in [0.1, 0.15) is 16.7 Å². The van der Waals surface area contributed by atoms with Gasteiger partial charge in [-0.1, -0.05) is 17.7 Å². The second kappa shape index (κ2) is 5.12. The molecule has 2 N–H and O–H groups in total. The number of nitrogen functional groups attached to an aromatic ring is 1. The fraction of sp³-hybridized carbons (Fsp3) is 0.125. The van der Waals surface area contributed by atoms with E-state index in [4.69, 9.17) is 22.6 Å². The van der Waals surface area contributed by atoms with E-state index in [2.05, 4.69) is 0 Å². The molecule has 4 nitrogen and oxygen atoms in total. The van der Waals surface area contributed by atoms with Crippen LogP contribution in [0.5, 0.6) is 0 Å². The Kier molecular flexibility index (Phi) is 3.28. The molecule has 0 aromatic heterocycles.